The van der Waals surface area contributed by atoms with Gasteiger partial charge in [0, 0.05) is 10.6 Å². The molecule has 0 bridgehead atoms. The van der Waals surface area contributed by atoms with E-state index in [2.05, 4.69) is 22.5 Å². The number of rotatable bonds is 5. The van der Waals surface area contributed by atoms with Crippen molar-refractivity contribution < 1.29 is 9.26 Å². The molecule has 2 unspecified atom stereocenters. The maximum Gasteiger partial charge on any atom is 0.243 e. The van der Waals surface area contributed by atoms with Crippen molar-refractivity contribution in [3.63, 3.8) is 0 Å². The maximum absolute atomic E-state index is 6.04. The molecule has 21 heavy (non-hydrogen) atoms. The van der Waals surface area contributed by atoms with Crippen molar-refractivity contribution >= 4 is 23.5 Å². The number of para-hydroxylation sites is 1. The van der Waals surface area contributed by atoms with Crippen molar-refractivity contribution in [3.05, 3.63) is 36.0 Å². The third-order valence-electron chi connectivity index (χ3n) is 3.20. The molecule has 2 N–H and O–H groups in total. The van der Waals surface area contributed by atoms with Crippen LogP contribution in [0.25, 0.3) is 0 Å². The Kier molecular flexibility index (Phi) is 4.72. The molecule has 0 amide bonds. The molecule has 2 heterocycles. The van der Waals surface area contributed by atoms with Crippen LogP contribution in [0.1, 0.15) is 30.3 Å². The number of thioether (sulfide) groups is 2. The molecule has 7 heteroatoms. The Bertz CT molecular complexity index is 605. The van der Waals surface area contributed by atoms with Gasteiger partial charge in [-0.05, 0) is 30.6 Å². The monoisotopic (exact) mass is 323 g/mol. The van der Waals surface area contributed by atoms with Crippen LogP contribution in [-0.2, 0) is 0 Å². The zero-order valence-corrected chi connectivity index (χ0v) is 13.3. The normalized spacial score (nSPS) is 18.9. The van der Waals surface area contributed by atoms with E-state index in [9.17, 15) is 0 Å². The van der Waals surface area contributed by atoms with Gasteiger partial charge in [-0.15, -0.1) is 11.8 Å². The van der Waals surface area contributed by atoms with Gasteiger partial charge in [-0.25, -0.2) is 0 Å². The fourth-order valence-electron chi connectivity index (χ4n) is 2.04. The summed E-state index contributed by atoms with van der Waals surface area (Å²) in [5.41, 5.74) is 6.04. The van der Waals surface area contributed by atoms with Crippen LogP contribution in [0, 0.1) is 0 Å². The van der Waals surface area contributed by atoms with Gasteiger partial charge in [-0.1, -0.05) is 17.3 Å². The Morgan fingerprint density at radius 1 is 1.48 bits per heavy atom. The highest BCUT2D eigenvalue weighted by molar-refractivity contribution is 7.99. The molecule has 0 radical (unpaired) electrons. The molecule has 0 aliphatic carbocycles. The van der Waals surface area contributed by atoms with E-state index in [4.69, 9.17) is 15.0 Å². The Hall–Kier alpha value is -1.18. The van der Waals surface area contributed by atoms with Gasteiger partial charge in [0.05, 0.1) is 6.04 Å². The fraction of sp³-hybridized carbons (Fsp3) is 0.429. The van der Waals surface area contributed by atoms with Gasteiger partial charge in [-0.2, -0.15) is 16.7 Å². The van der Waals surface area contributed by atoms with Crippen LogP contribution in [0.2, 0.25) is 0 Å². The zero-order chi connectivity index (χ0) is 14.7. The van der Waals surface area contributed by atoms with E-state index in [1.54, 1.807) is 23.5 Å². The average Bonchev–Trinajstić information content (AvgIpc) is 3.02. The Morgan fingerprint density at radius 2 is 2.33 bits per heavy atom. The lowest BCUT2D eigenvalue weighted by Gasteiger charge is -2.22. The minimum absolute atomic E-state index is 0.185. The third-order valence-corrected chi connectivity index (χ3v) is 4.97. The summed E-state index contributed by atoms with van der Waals surface area (Å²) in [4.78, 5) is 5.56. The van der Waals surface area contributed by atoms with Crippen LogP contribution in [0.4, 0.5) is 0 Å². The molecular weight excluding hydrogens is 306 g/mol. The predicted octanol–water partition coefficient (Wildman–Crippen LogP) is 3.05. The maximum atomic E-state index is 6.04. The fourth-order valence-corrected chi connectivity index (χ4v) is 3.51. The topological polar surface area (TPSA) is 74.2 Å². The number of nitrogens with two attached hydrogens (primary N) is 1. The van der Waals surface area contributed by atoms with Gasteiger partial charge in [0.15, 0.2) is 6.10 Å². The molecule has 3 rings (SSSR count). The molecule has 2 aromatic rings. The zero-order valence-electron chi connectivity index (χ0n) is 11.7. The van der Waals surface area contributed by atoms with E-state index >= 15 is 0 Å². The molecule has 1 aromatic carbocycles. The predicted molar refractivity (Wildman–Crippen MR) is 84.8 cm³/mol. The van der Waals surface area contributed by atoms with E-state index in [0.717, 1.165) is 28.6 Å². The number of hydrogen-bond donors (Lipinski definition) is 1. The summed E-state index contributed by atoms with van der Waals surface area (Å²) in [6, 6.07) is 7.77. The summed E-state index contributed by atoms with van der Waals surface area (Å²) in [5, 5.41) is 4.03. The number of benzene rings is 1. The summed E-state index contributed by atoms with van der Waals surface area (Å²) in [6.07, 6.45) is 2.69. The average molecular weight is 323 g/mol. The van der Waals surface area contributed by atoms with Crippen LogP contribution in [-0.4, -0.2) is 27.9 Å². The first-order valence-corrected chi connectivity index (χ1v) is 9.12. The Labute approximate surface area is 132 Å². The van der Waals surface area contributed by atoms with Gasteiger partial charge < -0.3 is 15.0 Å². The molecule has 0 saturated carbocycles. The van der Waals surface area contributed by atoms with Gasteiger partial charge >= 0.3 is 0 Å². The molecule has 112 valence electrons. The van der Waals surface area contributed by atoms with Crippen LogP contribution >= 0.6 is 23.5 Å². The Morgan fingerprint density at radius 3 is 3.19 bits per heavy atom. The number of ether oxygens (including phenoxy) is 1. The van der Waals surface area contributed by atoms with Gasteiger partial charge in [0.1, 0.15) is 5.75 Å². The van der Waals surface area contributed by atoms with Crippen molar-refractivity contribution in [2.45, 2.75) is 23.5 Å². The first kappa shape index (κ1) is 14.7. The van der Waals surface area contributed by atoms with Crippen LogP contribution in [0.5, 0.6) is 5.75 Å². The summed E-state index contributed by atoms with van der Waals surface area (Å²) in [5.74, 6) is 3.69. The highest BCUT2D eigenvalue weighted by atomic mass is 32.2. The highest BCUT2D eigenvalue weighted by Gasteiger charge is 2.27. The molecule has 0 saturated heterocycles. The lowest BCUT2D eigenvalue weighted by atomic mass is 10.2. The first-order chi connectivity index (χ1) is 10.3. The van der Waals surface area contributed by atoms with Gasteiger partial charge in [0.25, 0.3) is 0 Å². The number of fused-ring (bicyclic) bond motifs is 1. The highest BCUT2D eigenvalue weighted by Crippen LogP contribution is 2.39. The molecule has 2 atom stereocenters. The molecule has 1 aliphatic rings. The molecule has 5 nitrogen and oxygen atoms in total. The molecular formula is C14H17N3O2S2. The molecule has 1 aliphatic heterocycles. The summed E-state index contributed by atoms with van der Waals surface area (Å²) in [7, 11) is 0. The quantitative estimate of drug-likeness (QED) is 0.906. The smallest absolute Gasteiger partial charge is 0.243 e. The lowest BCUT2D eigenvalue weighted by molar-refractivity contribution is 0.205. The van der Waals surface area contributed by atoms with Crippen LogP contribution < -0.4 is 10.5 Å². The van der Waals surface area contributed by atoms with Crippen molar-refractivity contribution in [3.8, 4) is 5.75 Å². The van der Waals surface area contributed by atoms with Crippen molar-refractivity contribution in [2.75, 3.05) is 17.8 Å². The van der Waals surface area contributed by atoms with E-state index in [0.29, 0.717) is 11.7 Å². The minimum atomic E-state index is -0.206. The summed E-state index contributed by atoms with van der Waals surface area (Å²) >= 11 is 3.50. The standard InChI is InChI=1S/C14H17N3O2S2/c1-20-7-6-9(15)14-16-13(17-19-14)11-8-21-12-5-3-2-4-10(12)18-11/h2-5,9,11H,6-8,15H2,1H3. The SMILES string of the molecule is CSCCC(N)c1nc(C2CSc3ccccc3O2)no1. The number of nitrogens with zero attached hydrogens (tertiary/aromatic N) is 2. The number of aromatic nitrogens is 2. The van der Waals surface area contributed by atoms with E-state index in [1.165, 1.54) is 0 Å². The van der Waals surface area contributed by atoms with E-state index < -0.39 is 0 Å². The second-order valence-corrected chi connectivity index (χ2v) is 6.79. The second-order valence-electron chi connectivity index (χ2n) is 4.74. The van der Waals surface area contributed by atoms with Crippen molar-refractivity contribution in [2.24, 2.45) is 5.73 Å². The molecule has 0 spiro atoms. The summed E-state index contributed by atoms with van der Waals surface area (Å²) in [6.45, 7) is 0. The number of hydrogen-bond acceptors (Lipinski definition) is 7. The second kappa shape index (κ2) is 6.72. The lowest BCUT2D eigenvalue weighted by Crippen LogP contribution is -2.17. The van der Waals surface area contributed by atoms with Gasteiger partial charge in [0.2, 0.25) is 11.7 Å². The molecule has 1 aromatic heterocycles. The third kappa shape index (κ3) is 3.36. The summed E-state index contributed by atoms with van der Waals surface area (Å²) < 4.78 is 11.2. The van der Waals surface area contributed by atoms with Crippen LogP contribution in [0.3, 0.4) is 0 Å². The first-order valence-electron chi connectivity index (χ1n) is 6.74. The minimum Gasteiger partial charge on any atom is -0.480 e. The van der Waals surface area contributed by atoms with E-state index in [-0.39, 0.29) is 12.1 Å². The van der Waals surface area contributed by atoms with E-state index in [1.807, 2.05) is 18.2 Å². The van der Waals surface area contributed by atoms with Crippen LogP contribution in [0.15, 0.2) is 33.7 Å². The van der Waals surface area contributed by atoms with Crippen molar-refractivity contribution in [1.29, 1.82) is 0 Å². The Balaban J connectivity index is 1.70. The van der Waals surface area contributed by atoms with Crippen molar-refractivity contribution in [1.82, 2.24) is 10.1 Å². The largest absolute Gasteiger partial charge is 0.480 e. The molecule has 0 fully saturated rings. The van der Waals surface area contributed by atoms with Gasteiger partial charge in [-0.3, -0.25) is 0 Å².